The fourth-order valence-electron chi connectivity index (χ4n) is 5.00. The minimum absolute atomic E-state index is 0.169. The fraction of sp³-hybridized carbons (Fsp3) is 0.379. The van der Waals surface area contributed by atoms with Gasteiger partial charge in [-0.1, -0.05) is 47.5 Å². The molecule has 214 valence electrons. The summed E-state index contributed by atoms with van der Waals surface area (Å²) in [5.74, 6) is -0.532. The molecule has 2 aliphatic heterocycles. The van der Waals surface area contributed by atoms with E-state index in [0.29, 0.717) is 47.9 Å². The number of sulfonamides is 1. The Morgan fingerprint density at radius 3 is 2.58 bits per heavy atom. The predicted octanol–water partition coefficient (Wildman–Crippen LogP) is 4.11. The molecule has 0 aliphatic carbocycles. The average Bonchev–Trinajstić information content (AvgIpc) is 3.17. The summed E-state index contributed by atoms with van der Waals surface area (Å²) in [7, 11) is -3.65. The van der Waals surface area contributed by atoms with Crippen molar-refractivity contribution >= 4 is 33.6 Å². The van der Waals surface area contributed by atoms with Gasteiger partial charge in [0, 0.05) is 43.4 Å². The van der Waals surface area contributed by atoms with Gasteiger partial charge in [-0.2, -0.15) is 4.31 Å². The second-order valence-corrected chi connectivity index (χ2v) is 12.1. The highest BCUT2D eigenvalue weighted by atomic mass is 35.5. The number of halogens is 1. The fourth-order valence-corrected chi connectivity index (χ4v) is 6.67. The van der Waals surface area contributed by atoms with Crippen LogP contribution in [0.2, 0.25) is 5.02 Å². The Kier molecular flexibility index (Phi) is 9.68. The molecule has 1 saturated heterocycles. The Morgan fingerprint density at radius 2 is 1.90 bits per heavy atom. The molecule has 40 heavy (non-hydrogen) atoms. The SMILES string of the molecule is C=CCN1C(=O)NC(c2cccc(Cl)c2)C(C(=O)OCC)=C1CN1CCCN(S(=O)(=O)c2ccc(C)cc2)CC1. The van der Waals surface area contributed by atoms with Crippen molar-refractivity contribution in [3.05, 3.63) is 88.6 Å². The van der Waals surface area contributed by atoms with E-state index in [1.165, 1.54) is 9.21 Å². The van der Waals surface area contributed by atoms with Crippen molar-refractivity contribution in [2.24, 2.45) is 0 Å². The highest BCUT2D eigenvalue weighted by Crippen LogP contribution is 2.33. The predicted molar refractivity (Wildman–Crippen MR) is 154 cm³/mol. The molecule has 0 bridgehead atoms. The van der Waals surface area contributed by atoms with Gasteiger partial charge in [-0.25, -0.2) is 18.0 Å². The summed E-state index contributed by atoms with van der Waals surface area (Å²) in [6.07, 6.45) is 2.19. The number of urea groups is 1. The second-order valence-electron chi connectivity index (χ2n) is 9.76. The number of carbonyl (C=O) groups is 2. The number of benzene rings is 2. The first-order valence-electron chi connectivity index (χ1n) is 13.3. The zero-order valence-corrected chi connectivity index (χ0v) is 24.4. The molecule has 2 aliphatic rings. The maximum Gasteiger partial charge on any atom is 0.338 e. The number of rotatable bonds is 9. The van der Waals surface area contributed by atoms with Crippen LogP contribution in [0.4, 0.5) is 4.79 Å². The van der Waals surface area contributed by atoms with Crippen LogP contribution in [0.25, 0.3) is 0 Å². The Bertz CT molecular complexity index is 1390. The average molecular weight is 587 g/mol. The molecule has 1 atom stereocenters. The number of amides is 2. The molecule has 9 nitrogen and oxygen atoms in total. The van der Waals surface area contributed by atoms with E-state index in [-0.39, 0.29) is 37.2 Å². The molecule has 2 amide bonds. The third-order valence-corrected chi connectivity index (χ3v) is 9.15. The summed E-state index contributed by atoms with van der Waals surface area (Å²) >= 11 is 6.25. The second kappa shape index (κ2) is 13.0. The van der Waals surface area contributed by atoms with E-state index in [1.54, 1.807) is 61.5 Å². The lowest BCUT2D eigenvalue weighted by atomic mass is 9.94. The van der Waals surface area contributed by atoms with E-state index in [9.17, 15) is 18.0 Å². The minimum atomic E-state index is -3.65. The van der Waals surface area contributed by atoms with Crippen LogP contribution in [0, 0.1) is 6.92 Å². The van der Waals surface area contributed by atoms with E-state index in [1.807, 2.05) is 6.92 Å². The van der Waals surface area contributed by atoms with E-state index in [0.717, 1.165) is 5.56 Å². The van der Waals surface area contributed by atoms with Crippen LogP contribution >= 0.6 is 11.6 Å². The first kappa shape index (κ1) is 29.8. The molecule has 1 fully saturated rings. The first-order chi connectivity index (χ1) is 19.1. The number of aryl methyl sites for hydroxylation is 1. The molecule has 2 aromatic carbocycles. The number of esters is 1. The zero-order valence-electron chi connectivity index (χ0n) is 22.8. The maximum absolute atomic E-state index is 13.4. The van der Waals surface area contributed by atoms with Crippen LogP contribution in [0.15, 0.2) is 77.4 Å². The summed E-state index contributed by atoms with van der Waals surface area (Å²) in [6, 6.07) is 12.7. The third kappa shape index (κ3) is 6.58. The molecule has 0 saturated carbocycles. The molecule has 0 aromatic heterocycles. The molecule has 4 rings (SSSR count). The molecular weight excluding hydrogens is 552 g/mol. The van der Waals surface area contributed by atoms with E-state index in [2.05, 4.69) is 16.8 Å². The van der Waals surface area contributed by atoms with Gasteiger partial charge < -0.3 is 10.1 Å². The number of carbonyl (C=O) groups excluding carboxylic acids is 2. The van der Waals surface area contributed by atoms with Crippen molar-refractivity contribution in [2.45, 2.75) is 31.2 Å². The summed E-state index contributed by atoms with van der Waals surface area (Å²) in [6.45, 7) is 9.71. The van der Waals surface area contributed by atoms with Gasteiger partial charge in [-0.3, -0.25) is 9.80 Å². The monoisotopic (exact) mass is 586 g/mol. The lowest BCUT2D eigenvalue weighted by Crippen LogP contribution is -2.51. The smallest absolute Gasteiger partial charge is 0.338 e. The van der Waals surface area contributed by atoms with Crippen LogP contribution in [0.5, 0.6) is 0 Å². The Morgan fingerprint density at radius 1 is 1.15 bits per heavy atom. The van der Waals surface area contributed by atoms with Crippen LogP contribution < -0.4 is 5.32 Å². The lowest BCUT2D eigenvalue weighted by molar-refractivity contribution is -0.139. The van der Waals surface area contributed by atoms with Crippen LogP contribution in [0.3, 0.4) is 0 Å². The molecule has 1 unspecified atom stereocenters. The van der Waals surface area contributed by atoms with Gasteiger partial charge in [-0.05, 0) is 56.6 Å². The highest BCUT2D eigenvalue weighted by Gasteiger charge is 2.39. The van der Waals surface area contributed by atoms with Crippen LogP contribution in [0.1, 0.15) is 30.5 Å². The normalized spacial score (nSPS) is 19.2. The van der Waals surface area contributed by atoms with E-state index >= 15 is 0 Å². The Labute approximate surface area is 241 Å². The standard InChI is InChI=1S/C29H35ClN4O5S/c1-4-14-34-25(26(28(35)39-5-2)27(31-29(34)36)22-8-6-9-23(30)19-22)20-32-15-7-16-33(18-17-32)40(37,38)24-12-10-21(3)11-13-24/h4,6,8-13,19,27H,1,5,7,14-18,20H2,2-3H3,(H,31,36). The molecule has 0 radical (unpaired) electrons. The zero-order chi connectivity index (χ0) is 28.9. The number of ether oxygens (including phenoxy) is 1. The first-order valence-corrected chi connectivity index (χ1v) is 15.1. The Hall–Kier alpha value is -3.18. The molecule has 2 aromatic rings. The van der Waals surface area contributed by atoms with E-state index in [4.69, 9.17) is 16.3 Å². The van der Waals surface area contributed by atoms with Crippen molar-refractivity contribution in [1.29, 1.82) is 0 Å². The van der Waals surface area contributed by atoms with Gasteiger partial charge >= 0.3 is 12.0 Å². The van der Waals surface area contributed by atoms with Crippen LogP contribution in [-0.2, 0) is 19.6 Å². The molecular formula is C29H35ClN4O5S. The van der Waals surface area contributed by atoms with Crippen molar-refractivity contribution in [1.82, 2.24) is 19.4 Å². The molecule has 11 heteroatoms. The molecule has 2 heterocycles. The summed E-state index contributed by atoms with van der Waals surface area (Å²) in [4.78, 5) is 30.5. The highest BCUT2D eigenvalue weighted by molar-refractivity contribution is 7.89. The van der Waals surface area contributed by atoms with Crippen molar-refractivity contribution in [2.75, 3.05) is 45.9 Å². The number of hydrogen-bond donors (Lipinski definition) is 1. The van der Waals surface area contributed by atoms with Gasteiger partial charge in [0.15, 0.2) is 0 Å². The van der Waals surface area contributed by atoms with Crippen molar-refractivity contribution < 1.29 is 22.7 Å². The van der Waals surface area contributed by atoms with E-state index < -0.39 is 22.0 Å². The van der Waals surface area contributed by atoms with Crippen molar-refractivity contribution in [3.8, 4) is 0 Å². The summed E-state index contributed by atoms with van der Waals surface area (Å²) < 4.78 is 33.6. The lowest BCUT2D eigenvalue weighted by Gasteiger charge is -2.38. The Balaban J connectivity index is 1.66. The van der Waals surface area contributed by atoms with Gasteiger partial charge in [0.25, 0.3) is 0 Å². The molecule has 1 N–H and O–H groups in total. The van der Waals surface area contributed by atoms with Gasteiger partial charge in [-0.15, -0.1) is 6.58 Å². The minimum Gasteiger partial charge on any atom is -0.463 e. The largest absolute Gasteiger partial charge is 0.463 e. The third-order valence-electron chi connectivity index (χ3n) is 7.01. The number of nitrogens with one attached hydrogen (secondary N) is 1. The quantitative estimate of drug-likeness (QED) is 0.351. The summed E-state index contributed by atoms with van der Waals surface area (Å²) in [5, 5.41) is 3.41. The maximum atomic E-state index is 13.4. The molecule has 0 spiro atoms. The van der Waals surface area contributed by atoms with Gasteiger partial charge in [0.05, 0.1) is 23.1 Å². The summed E-state index contributed by atoms with van der Waals surface area (Å²) in [5.41, 5.74) is 2.47. The van der Waals surface area contributed by atoms with Crippen molar-refractivity contribution in [3.63, 3.8) is 0 Å². The van der Waals surface area contributed by atoms with Gasteiger partial charge in [0.1, 0.15) is 0 Å². The van der Waals surface area contributed by atoms with Crippen LogP contribution in [-0.4, -0.2) is 80.4 Å². The van der Waals surface area contributed by atoms with Gasteiger partial charge in [0.2, 0.25) is 10.0 Å². The number of hydrogen-bond acceptors (Lipinski definition) is 6. The number of nitrogens with zero attached hydrogens (tertiary/aromatic N) is 3. The topological polar surface area (TPSA) is 99.3 Å².